The molecular weight excluding hydrogens is 410 g/mol. The lowest BCUT2D eigenvalue weighted by Gasteiger charge is -2.17. The Labute approximate surface area is 196 Å². The third-order valence-electron chi connectivity index (χ3n) is 6.58. The monoisotopic (exact) mass is 443 g/mol. The van der Waals surface area contributed by atoms with Gasteiger partial charge in [-0.25, -0.2) is 4.79 Å². The highest BCUT2D eigenvalue weighted by atomic mass is 16.5. The molecule has 4 rings (SSSR count). The van der Waals surface area contributed by atoms with E-state index in [4.69, 9.17) is 9.72 Å². The average molecular weight is 444 g/mol. The van der Waals surface area contributed by atoms with Crippen molar-refractivity contribution in [1.29, 1.82) is 0 Å². The van der Waals surface area contributed by atoms with Gasteiger partial charge in [0.1, 0.15) is 0 Å². The van der Waals surface area contributed by atoms with Gasteiger partial charge >= 0.3 is 5.97 Å². The second-order valence-corrected chi connectivity index (χ2v) is 9.12. The lowest BCUT2D eigenvalue weighted by atomic mass is 9.92. The number of hydrogen-bond acceptors (Lipinski definition) is 4. The van der Waals surface area contributed by atoms with E-state index in [9.17, 15) is 9.59 Å². The molecule has 1 aromatic heterocycles. The van der Waals surface area contributed by atoms with Gasteiger partial charge in [-0.3, -0.25) is 9.78 Å². The molecule has 4 nitrogen and oxygen atoms in total. The number of aromatic nitrogens is 1. The summed E-state index contributed by atoms with van der Waals surface area (Å²) in [6.45, 7) is 1.72. The lowest BCUT2D eigenvalue weighted by Crippen LogP contribution is -2.18. The molecule has 4 heteroatoms. The number of Topliss-reactive ketones (excluding diaryl/α,β-unsaturated/α-hetero) is 1. The number of carbonyl (C=O) groups is 2. The summed E-state index contributed by atoms with van der Waals surface area (Å²) < 4.78 is 5.61. The minimum Gasteiger partial charge on any atom is -0.454 e. The van der Waals surface area contributed by atoms with E-state index in [1.807, 2.05) is 43.3 Å². The first-order valence-corrected chi connectivity index (χ1v) is 12.3. The fraction of sp³-hybridized carbons (Fsp3) is 0.414. The van der Waals surface area contributed by atoms with E-state index < -0.39 is 5.97 Å². The van der Waals surface area contributed by atoms with Crippen LogP contribution in [0.4, 0.5) is 0 Å². The molecule has 1 heterocycles. The van der Waals surface area contributed by atoms with E-state index in [1.165, 1.54) is 32.1 Å². The molecule has 0 saturated carbocycles. The average Bonchev–Trinajstić information content (AvgIpc) is 2.82. The summed E-state index contributed by atoms with van der Waals surface area (Å²) in [5.74, 6) is -0.608. The van der Waals surface area contributed by atoms with E-state index in [2.05, 4.69) is 0 Å². The maximum atomic E-state index is 13.4. The molecule has 1 aliphatic carbocycles. The molecule has 172 valence electrons. The fourth-order valence-corrected chi connectivity index (χ4v) is 4.69. The Hall–Kier alpha value is -3.01. The number of benzene rings is 2. The largest absolute Gasteiger partial charge is 0.454 e. The Morgan fingerprint density at radius 3 is 2.18 bits per heavy atom. The smallest absolute Gasteiger partial charge is 0.339 e. The molecule has 0 spiro atoms. The van der Waals surface area contributed by atoms with Crippen LogP contribution in [0.3, 0.4) is 0 Å². The number of rotatable bonds is 4. The topological polar surface area (TPSA) is 56.3 Å². The van der Waals surface area contributed by atoms with Crippen molar-refractivity contribution in [2.24, 2.45) is 0 Å². The van der Waals surface area contributed by atoms with E-state index in [1.54, 1.807) is 12.1 Å². The summed E-state index contributed by atoms with van der Waals surface area (Å²) in [6.07, 6.45) is 11.3. The summed E-state index contributed by atoms with van der Waals surface area (Å²) in [5, 5.41) is 0.816. The van der Waals surface area contributed by atoms with Gasteiger partial charge in [-0.05, 0) is 44.2 Å². The van der Waals surface area contributed by atoms with Crippen LogP contribution in [0.1, 0.15) is 88.9 Å². The van der Waals surface area contributed by atoms with Gasteiger partial charge in [-0.1, -0.05) is 86.6 Å². The fourth-order valence-electron chi connectivity index (χ4n) is 4.69. The lowest BCUT2D eigenvalue weighted by molar-refractivity contribution is 0.0475. The minimum absolute atomic E-state index is 0.189. The third-order valence-corrected chi connectivity index (χ3v) is 6.58. The van der Waals surface area contributed by atoms with Gasteiger partial charge in [0, 0.05) is 16.6 Å². The number of ketones is 1. The number of esters is 1. The van der Waals surface area contributed by atoms with E-state index >= 15 is 0 Å². The molecule has 0 N–H and O–H groups in total. The van der Waals surface area contributed by atoms with Crippen molar-refractivity contribution in [3.05, 3.63) is 76.5 Å². The molecule has 3 aromatic rings. The van der Waals surface area contributed by atoms with Crippen LogP contribution in [-0.2, 0) is 17.6 Å². The number of para-hydroxylation sites is 1. The first-order chi connectivity index (χ1) is 16.1. The Bertz CT molecular complexity index is 1120. The molecule has 0 aliphatic heterocycles. The van der Waals surface area contributed by atoms with Gasteiger partial charge < -0.3 is 4.74 Å². The van der Waals surface area contributed by atoms with Crippen LogP contribution in [0.15, 0.2) is 48.5 Å². The molecule has 0 bridgehead atoms. The molecule has 0 amide bonds. The number of aryl methyl sites for hydroxylation is 2. The zero-order valence-corrected chi connectivity index (χ0v) is 19.6. The summed E-state index contributed by atoms with van der Waals surface area (Å²) in [4.78, 5) is 31.0. The van der Waals surface area contributed by atoms with E-state index in [0.29, 0.717) is 11.1 Å². The van der Waals surface area contributed by atoms with Crippen molar-refractivity contribution in [3.63, 3.8) is 0 Å². The number of pyridine rings is 1. The van der Waals surface area contributed by atoms with Gasteiger partial charge in [-0.2, -0.15) is 0 Å². The van der Waals surface area contributed by atoms with Crippen molar-refractivity contribution in [1.82, 2.24) is 4.98 Å². The van der Waals surface area contributed by atoms with Crippen LogP contribution in [0, 0.1) is 6.92 Å². The maximum absolute atomic E-state index is 13.4. The molecule has 2 aromatic carbocycles. The van der Waals surface area contributed by atoms with Crippen molar-refractivity contribution < 1.29 is 14.3 Å². The minimum atomic E-state index is -0.419. The highest BCUT2D eigenvalue weighted by molar-refractivity contribution is 6.06. The summed E-state index contributed by atoms with van der Waals surface area (Å²) in [5.41, 5.74) is 5.10. The van der Waals surface area contributed by atoms with Gasteiger partial charge in [0.2, 0.25) is 0 Å². The Morgan fingerprint density at radius 2 is 1.45 bits per heavy atom. The van der Waals surface area contributed by atoms with E-state index in [-0.39, 0.29) is 12.4 Å². The standard InChI is InChI=1S/C29H33NO3/c1-21-16-18-22(19-17-21)27(31)20-33-29(32)28-23-12-8-6-4-2-3-5-7-9-14-25(23)30-26-15-11-10-13-24(26)28/h10-11,13,15-19H,2-9,12,14,20H2,1H3. The van der Waals surface area contributed by atoms with E-state index in [0.717, 1.165) is 59.8 Å². The second kappa shape index (κ2) is 11.2. The normalized spacial score (nSPS) is 15.2. The number of hydrogen-bond donors (Lipinski definition) is 0. The number of ether oxygens (including phenoxy) is 1. The van der Waals surface area contributed by atoms with Gasteiger partial charge in [0.05, 0.1) is 11.1 Å². The van der Waals surface area contributed by atoms with Crippen LogP contribution >= 0.6 is 0 Å². The van der Waals surface area contributed by atoms with Crippen LogP contribution in [-0.4, -0.2) is 23.3 Å². The summed E-state index contributed by atoms with van der Waals surface area (Å²) in [7, 11) is 0. The summed E-state index contributed by atoms with van der Waals surface area (Å²) >= 11 is 0. The molecule has 0 radical (unpaired) electrons. The van der Waals surface area contributed by atoms with Crippen LogP contribution in [0.2, 0.25) is 0 Å². The number of carbonyl (C=O) groups excluding carboxylic acids is 2. The highest BCUT2D eigenvalue weighted by Gasteiger charge is 2.22. The van der Waals surface area contributed by atoms with Crippen molar-refractivity contribution in [2.45, 2.75) is 71.1 Å². The molecule has 1 aliphatic rings. The Morgan fingerprint density at radius 1 is 0.818 bits per heavy atom. The molecule has 0 fully saturated rings. The van der Waals surface area contributed by atoms with Crippen LogP contribution < -0.4 is 0 Å². The summed E-state index contributed by atoms with van der Waals surface area (Å²) in [6, 6.07) is 15.1. The quantitative estimate of drug-likeness (QED) is 0.329. The van der Waals surface area contributed by atoms with Gasteiger partial charge in [-0.15, -0.1) is 0 Å². The molecule has 0 unspecified atom stereocenters. The first-order valence-electron chi connectivity index (χ1n) is 12.3. The zero-order chi connectivity index (χ0) is 23.0. The highest BCUT2D eigenvalue weighted by Crippen LogP contribution is 2.28. The Balaban J connectivity index is 1.63. The molecular formula is C29H33NO3. The second-order valence-electron chi connectivity index (χ2n) is 9.12. The number of nitrogens with zero attached hydrogens (tertiary/aromatic N) is 1. The first kappa shape index (κ1) is 23.2. The predicted octanol–water partition coefficient (Wildman–Crippen LogP) is 6.80. The third kappa shape index (κ3) is 5.87. The molecule has 0 atom stereocenters. The van der Waals surface area contributed by atoms with Gasteiger partial charge in [0.15, 0.2) is 12.4 Å². The zero-order valence-electron chi connectivity index (χ0n) is 19.6. The molecule has 0 saturated heterocycles. The molecule has 33 heavy (non-hydrogen) atoms. The van der Waals surface area contributed by atoms with Gasteiger partial charge in [0.25, 0.3) is 0 Å². The SMILES string of the molecule is Cc1ccc(C(=O)COC(=O)c2c3c(nc4ccccc24)CCCCCCCCCC3)cc1. The number of fused-ring (bicyclic) bond motifs is 2. The maximum Gasteiger partial charge on any atom is 0.339 e. The predicted molar refractivity (Wildman–Crippen MR) is 132 cm³/mol. The van der Waals surface area contributed by atoms with Crippen molar-refractivity contribution in [3.8, 4) is 0 Å². The van der Waals surface area contributed by atoms with Crippen molar-refractivity contribution in [2.75, 3.05) is 6.61 Å². The van der Waals surface area contributed by atoms with Crippen LogP contribution in [0.5, 0.6) is 0 Å². The van der Waals surface area contributed by atoms with Crippen molar-refractivity contribution >= 4 is 22.7 Å². The Kier molecular flexibility index (Phi) is 7.87. The van der Waals surface area contributed by atoms with Crippen LogP contribution in [0.25, 0.3) is 10.9 Å².